The molecule has 2 atom stereocenters. The number of benzene rings is 2. The standard InChI is InChI=1S/C32H34N4O5/c37-30-6-5-29(31(38)34-30)36-17-24-15-26(3-4-28(24)32(36)39)41-27-7-10-35(19-27)18-25-14-22-2-1-21(13-23(22)16-33-25)20-8-11-40-12-9-20/h1-4,13-16,20,27,29H,5-12,17-19H2,(H,34,37,38)/t27-,29-/m0/s1. The first-order valence-corrected chi connectivity index (χ1v) is 14.6. The van der Waals surface area contributed by atoms with Crippen LogP contribution in [0.3, 0.4) is 0 Å². The Hall–Kier alpha value is -3.82. The summed E-state index contributed by atoms with van der Waals surface area (Å²) in [6.07, 6.45) is 5.74. The van der Waals surface area contributed by atoms with Crippen molar-refractivity contribution in [3.63, 3.8) is 0 Å². The second-order valence-corrected chi connectivity index (χ2v) is 11.7. The monoisotopic (exact) mass is 554 g/mol. The van der Waals surface area contributed by atoms with Gasteiger partial charge in [-0.3, -0.25) is 29.6 Å². The molecule has 0 spiro atoms. The van der Waals surface area contributed by atoms with Crippen molar-refractivity contribution in [2.24, 2.45) is 0 Å². The van der Waals surface area contributed by atoms with Crippen molar-refractivity contribution in [3.8, 4) is 5.75 Å². The van der Waals surface area contributed by atoms with Crippen LogP contribution >= 0.6 is 0 Å². The highest BCUT2D eigenvalue weighted by atomic mass is 16.5. The summed E-state index contributed by atoms with van der Waals surface area (Å²) in [6.45, 7) is 4.54. The average Bonchev–Trinajstić information content (AvgIpc) is 3.56. The Kier molecular flexibility index (Phi) is 6.92. The molecule has 4 aliphatic heterocycles. The van der Waals surface area contributed by atoms with Crippen molar-refractivity contribution >= 4 is 28.5 Å². The van der Waals surface area contributed by atoms with E-state index in [0.717, 1.165) is 69.1 Å². The van der Waals surface area contributed by atoms with Gasteiger partial charge in [-0.2, -0.15) is 0 Å². The number of carbonyl (C=O) groups excluding carboxylic acids is 3. The van der Waals surface area contributed by atoms with E-state index in [1.165, 1.54) is 16.3 Å². The number of pyridine rings is 1. The van der Waals surface area contributed by atoms with Crippen LogP contribution in [-0.4, -0.2) is 71.0 Å². The van der Waals surface area contributed by atoms with Crippen molar-refractivity contribution in [2.75, 3.05) is 26.3 Å². The number of aromatic nitrogens is 1. The second-order valence-electron chi connectivity index (χ2n) is 11.7. The van der Waals surface area contributed by atoms with Crippen LogP contribution in [0.1, 0.15) is 65.2 Å². The van der Waals surface area contributed by atoms with Gasteiger partial charge in [0.15, 0.2) is 0 Å². The minimum Gasteiger partial charge on any atom is -0.489 e. The van der Waals surface area contributed by atoms with E-state index in [1.807, 2.05) is 18.3 Å². The fraction of sp³-hybridized carbons (Fsp3) is 0.438. The molecule has 0 saturated carbocycles. The van der Waals surface area contributed by atoms with Crippen molar-refractivity contribution in [1.82, 2.24) is 20.1 Å². The average molecular weight is 555 g/mol. The lowest BCUT2D eigenvalue weighted by Crippen LogP contribution is -2.52. The summed E-state index contributed by atoms with van der Waals surface area (Å²) in [6, 6.07) is 13.9. The van der Waals surface area contributed by atoms with E-state index in [0.29, 0.717) is 24.4 Å². The largest absolute Gasteiger partial charge is 0.489 e. The predicted octanol–water partition coefficient (Wildman–Crippen LogP) is 3.54. The fourth-order valence-electron chi connectivity index (χ4n) is 6.66. The Morgan fingerprint density at radius 1 is 0.976 bits per heavy atom. The summed E-state index contributed by atoms with van der Waals surface area (Å²) < 4.78 is 11.9. The minimum atomic E-state index is -0.613. The molecule has 7 rings (SSSR count). The van der Waals surface area contributed by atoms with Crippen LogP contribution in [0, 0.1) is 0 Å². The zero-order valence-electron chi connectivity index (χ0n) is 23.0. The quantitative estimate of drug-likeness (QED) is 0.465. The van der Waals surface area contributed by atoms with Crippen molar-refractivity contribution < 1.29 is 23.9 Å². The summed E-state index contributed by atoms with van der Waals surface area (Å²) in [5.41, 5.74) is 3.89. The molecule has 1 aromatic heterocycles. The lowest BCUT2D eigenvalue weighted by atomic mass is 9.90. The second kappa shape index (κ2) is 10.9. The molecule has 9 nitrogen and oxygen atoms in total. The van der Waals surface area contributed by atoms with Crippen molar-refractivity contribution in [3.05, 3.63) is 71.0 Å². The molecule has 4 aliphatic rings. The highest BCUT2D eigenvalue weighted by Gasteiger charge is 2.39. The molecule has 2 aromatic carbocycles. The zero-order chi connectivity index (χ0) is 27.9. The van der Waals surface area contributed by atoms with E-state index in [2.05, 4.69) is 34.5 Å². The number of piperidine rings is 1. The lowest BCUT2D eigenvalue weighted by molar-refractivity contribution is -0.136. The maximum absolute atomic E-state index is 13.0. The Bertz CT molecular complexity index is 1520. The highest BCUT2D eigenvalue weighted by Crippen LogP contribution is 2.32. The molecule has 0 bridgehead atoms. The van der Waals surface area contributed by atoms with E-state index in [9.17, 15) is 14.4 Å². The third-order valence-corrected chi connectivity index (χ3v) is 8.91. The topological polar surface area (TPSA) is 101 Å². The number of fused-ring (bicyclic) bond motifs is 2. The maximum atomic E-state index is 13.0. The SMILES string of the molecule is O=C1CC[C@H](N2Cc3cc(O[C@H]4CCN(Cc5cc6ccc(C7CCOCC7)cc6cn5)C4)ccc3C2=O)C(=O)N1. The first kappa shape index (κ1) is 26.1. The van der Waals surface area contributed by atoms with Crippen molar-refractivity contribution in [1.29, 1.82) is 0 Å². The number of likely N-dealkylation sites (tertiary alicyclic amines) is 1. The molecule has 1 N–H and O–H groups in total. The van der Waals surface area contributed by atoms with Crippen LogP contribution in [-0.2, 0) is 27.4 Å². The number of amides is 3. The molecule has 0 radical (unpaired) electrons. The summed E-state index contributed by atoms with van der Waals surface area (Å²) in [4.78, 5) is 45.5. The highest BCUT2D eigenvalue weighted by molar-refractivity contribution is 6.05. The molecule has 0 aliphatic carbocycles. The smallest absolute Gasteiger partial charge is 0.255 e. The fourth-order valence-corrected chi connectivity index (χ4v) is 6.66. The Morgan fingerprint density at radius 3 is 2.71 bits per heavy atom. The van der Waals surface area contributed by atoms with E-state index in [-0.39, 0.29) is 24.3 Å². The molecule has 3 fully saturated rings. The van der Waals surface area contributed by atoms with Gasteiger partial charge in [-0.15, -0.1) is 0 Å². The normalized spacial score (nSPS) is 23.7. The van der Waals surface area contributed by atoms with E-state index >= 15 is 0 Å². The Morgan fingerprint density at radius 2 is 1.85 bits per heavy atom. The molecule has 212 valence electrons. The van der Waals surface area contributed by atoms with E-state index in [4.69, 9.17) is 14.5 Å². The number of rotatable bonds is 6. The van der Waals surface area contributed by atoms with E-state index in [1.54, 1.807) is 11.0 Å². The number of hydrogen-bond acceptors (Lipinski definition) is 7. The van der Waals surface area contributed by atoms with Crippen LogP contribution in [0.25, 0.3) is 10.8 Å². The summed E-state index contributed by atoms with van der Waals surface area (Å²) >= 11 is 0. The van der Waals surface area contributed by atoms with Gasteiger partial charge in [0.2, 0.25) is 11.8 Å². The molecule has 5 heterocycles. The third-order valence-electron chi connectivity index (χ3n) is 8.91. The third kappa shape index (κ3) is 5.31. The van der Waals surface area contributed by atoms with Crippen LogP contribution in [0.5, 0.6) is 5.75 Å². The summed E-state index contributed by atoms with van der Waals surface area (Å²) in [7, 11) is 0. The maximum Gasteiger partial charge on any atom is 0.255 e. The number of carbonyl (C=O) groups is 3. The van der Waals surface area contributed by atoms with E-state index < -0.39 is 11.9 Å². The molecular formula is C32H34N4O5. The summed E-state index contributed by atoms with van der Waals surface area (Å²) in [5, 5.41) is 4.75. The van der Waals surface area contributed by atoms with Gasteiger partial charge in [0, 0.05) is 63.0 Å². The molecule has 41 heavy (non-hydrogen) atoms. The van der Waals surface area contributed by atoms with Crippen LogP contribution < -0.4 is 10.1 Å². The van der Waals surface area contributed by atoms with Crippen LogP contribution in [0.2, 0.25) is 0 Å². The van der Waals surface area contributed by atoms with Crippen molar-refractivity contribution in [2.45, 2.75) is 63.3 Å². The number of ether oxygens (including phenoxy) is 2. The molecule has 3 aromatic rings. The van der Waals surface area contributed by atoms with Gasteiger partial charge < -0.3 is 14.4 Å². The van der Waals surface area contributed by atoms with Gasteiger partial charge >= 0.3 is 0 Å². The van der Waals surface area contributed by atoms with Gasteiger partial charge in [0.05, 0.1) is 5.69 Å². The van der Waals surface area contributed by atoms with Gasteiger partial charge in [-0.05, 0) is 78.4 Å². The van der Waals surface area contributed by atoms with Gasteiger partial charge in [0.1, 0.15) is 17.9 Å². The Labute approximate surface area is 238 Å². The lowest BCUT2D eigenvalue weighted by Gasteiger charge is -2.29. The van der Waals surface area contributed by atoms with Gasteiger partial charge in [-0.25, -0.2) is 0 Å². The zero-order valence-corrected chi connectivity index (χ0v) is 23.0. The predicted molar refractivity (Wildman–Crippen MR) is 151 cm³/mol. The van der Waals surface area contributed by atoms with Gasteiger partial charge in [-0.1, -0.05) is 12.1 Å². The number of nitrogens with zero attached hydrogens (tertiary/aromatic N) is 3. The number of imide groups is 1. The molecule has 0 unspecified atom stereocenters. The van der Waals surface area contributed by atoms with Crippen LogP contribution in [0.15, 0.2) is 48.7 Å². The molecular weight excluding hydrogens is 520 g/mol. The minimum absolute atomic E-state index is 0.0545. The first-order chi connectivity index (χ1) is 20.0. The van der Waals surface area contributed by atoms with Crippen LogP contribution in [0.4, 0.5) is 0 Å². The summed E-state index contributed by atoms with van der Waals surface area (Å²) in [5.74, 6) is 0.455. The number of nitrogens with one attached hydrogen (secondary N) is 1. The van der Waals surface area contributed by atoms with Gasteiger partial charge in [0.25, 0.3) is 5.91 Å². The molecule has 3 saturated heterocycles. The molecule has 9 heteroatoms. The first-order valence-electron chi connectivity index (χ1n) is 14.6. The number of hydrogen-bond donors (Lipinski definition) is 1. The Balaban J connectivity index is 0.960. The molecule has 3 amide bonds.